The maximum Gasteiger partial charge on any atom is 0.329 e. The third-order valence-corrected chi connectivity index (χ3v) is 4.65. The Kier molecular flexibility index (Phi) is 5.57. The molecule has 1 aliphatic rings. The Balaban J connectivity index is 2.84. The second-order valence-electron chi connectivity index (χ2n) is 6.27. The molecule has 1 rings (SSSR count). The van der Waals surface area contributed by atoms with E-state index in [2.05, 4.69) is 5.32 Å². The molecule has 0 radical (unpaired) electrons. The number of carbonyl (C=O) groups excluding carboxylic acids is 1. The summed E-state index contributed by atoms with van der Waals surface area (Å²) in [5.41, 5.74) is -1.31. The largest absolute Gasteiger partial charge is 0.480 e. The molecule has 0 aliphatic heterocycles. The number of carboxylic acid groups (broad SMARTS) is 1. The Morgan fingerprint density at radius 3 is 2.20 bits per heavy atom. The zero-order valence-corrected chi connectivity index (χ0v) is 13.2. The van der Waals surface area contributed by atoms with Crippen molar-refractivity contribution in [3.63, 3.8) is 0 Å². The molecule has 1 aliphatic carbocycles. The van der Waals surface area contributed by atoms with E-state index in [4.69, 9.17) is 0 Å². The van der Waals surface area contributed by atoms with Crippen molar-refractivity contribution in [3.05, 3.63) is 0 Å². The van der Waals surface area contributed by atoms with Crippen LogP contribution in [-0.4, -0.2) is 46.6 Å². The number of nitrogens with one attached hydrogen (secondary N) is 1. The summed E-state index contributed by atoms with van der Waals surface area (Å²) in [7, 11) is 1.90. The highest BCUT2D eigenvalue weighted by molar-refractivity contribution is 5.86. The molecule has 1 amide bonds. The fraction of sp³-hybridized carbons (Fsp3) is 0.867. The predicted octanol–water partition coefficient (Wildman–Crippen LogP) is 2.01. The molecule has 0 aromatic carbocycles. The highest BCUT2D eigenvalue weighted by atomic mass is 16.4. The van der Waals surface area contributed by atoms with E-state index in [0.29, 0.717) is 13.0 Å². The third-order valence-electron chi connectivity index (χ3n) is 4.65. The molecule has 116 valence electrons. The van der Waals surface area contributed by atoms with Crippen LogP contribution in [0.3, 0.4) is 0 Å². The minimum absolute atomic E-state index is 0.0730. The number of rotatable bonds is 6. The Hall–Kier alpha value is -1.10. The SMILES string of the molecule is CCN(C(=O)CC1(NC)CCCCC1)C(C)(C)C(=O)O. The number of nitrogens with zero attached hydrogens (tertiary/aromatic N) is 1. The van der Waals surface area contributed by atoms with Crippen LogP contribution in [0.4, 0.5) is 0 Å². The molecule has 2 N–H and O–H groups in total. The van der Waals surface area contributed by atoms with Gasteiger partial charge in [0.25, 0.3) is 0 Å². The minimum Gasteiger partial charge on any atom is -0.480 e. The van der Waals surface area contributed by atoms with Gasteiger partial charge in [0.05, 0.1) is 0 Å². The first-order valence-electron chi connectivity index (χ1n) is 7.52. The molecule has 5 heteroatoms. The molecule has 1 saturated carbocycles. The van der Waals surface area contributed by atoms with E-state index in [9.17, 15) is 14.7 Å². The van der Waals surface area contributed by atoms with Crippen molar-refractivity contribution in [2.75, 3.05) is 13.6 Å². The second kappa shape index (κ2) is 6.57. The van der Waals surface area contributed by atoms with Gasteiger partial charge in [0.15, 0.2) is 0 Å². The third kappa shape index (κ3) is 3.51. The van der Waals surface area contributed by atoms with Gasteiger partial charge in [-0.05, 0) is 40.7 Å². The summed E-state index contributed by atoms with van der Waals surface area (Å²) in [6.07, 6.45) is 5.83. The van der Waals surface area contributed by atoms with Crippen LogP contribution in [0.25, 0.3) is 0 Å². The summed E-state index contributed by atoms with van der Waals surface area (Å²) in [5.74, 6) is -1.04. The summed E-state index contributed by atoms with van der Waals surface area (Å²) < 4.78 is 0. The van der Waals surface area contributed by atoms with Crippen molar-refractivity contribution in [1.82, 2.24) is 10.2 Å². The Morgan fingerprint density at radius 1 is 1.25 bits per heavy atom. The maximum absolute atomic E-state index is 12.6. The number of amides is 1. The van der Waals surface area contributed by atoms with Gasteiger partial charge < -0.3 is 15.3 Å². The van der Waals surface area contributed by atoms with Crippen molar-refractivity contribution >= 4 is 11.9 Å². The Labute approximate surface area is 121 Å². The molecule has 1 fully saturated rings. The van der Waals surface area contributed by atoms with Crippen LogP contribution in [0.2, 0.25) is 0 Å². The van der Waals surface area contributed by atoms with Crippen molar-refractivity contribution in [2.24, 2.45) is 0 Å². The standard InChI is InChI=1S/C15H28N2O3/c1-5-17(14(2,3)13(19)20)12(18)11-15(16-4)9-7-6-8-10-15/h16H,5-11H2,1-4H3,(H,19,20). The van der Waals surface area contributed by atoms with Gasteiger partial charge >= 0.3 is 5.97 Å². The normalized spacial score (nSPS) is 18.6. The molecule has 20 heavy (non-hydrogen) atoms. The zero-order valence-electron chi connectivity index (χ0n) is 13.2. The molecule has 0 unspecified atom stereocenters. The van der Waals surface area contributed by atoms with Gasteiger partial charge in [-0.1, -0.05) is 19.3 Å². The number of hydrogen-bond acceptors (Lipinski definition) is 3. The van der Waals surface area contributed by atoms with Crippen LogP contribution < -0.4 is 5.32 Å². The molecule has 0 aromatic rings. The van der Waals surface area contributed by atoms with E-state index in [1.165, 1.54) is 11.3 Å². The van der Waals surface area contributed by atoms with Gasteiger partial charge in [0, 0.05) is 18.5 Å². The molecule has 0 saturated heterocycles. The predicted molar refractivity (Wildman–Crippen MR) is 78.6 cm³/mol. The van der Waals surface area contributed by atoms with Crippen molar-refractivity contribution in [1.29, 1.82) is 0 Å². The van der Waals surface area contributed by atoms with Gasteiger partial charge in [-0.25, -0.2) is 4.79 Å². The topological polar surface area (TPSA) is 69.6 Å². The summed E-state index contributed by atoms with van der Waals surface area (Å²) >= 11 is 0. The van der Waals surface area contributed by atoms with Crippen LogP contribution in [0.1, 0.15) is 59.3 Å². The van der Waals surface area contributed by atoms with E-state index in [1.54, 1.807) is 13.8 Å². The highest BCUT2D eigenvalue weighted by Gasteiger charge is 2.40. The first-order valence-corrected chi connectivity index (χ1v) is 7.52. The fourth-order valence-electron chi connectivity index (χ4n) is 3.13. The molecule has 0 aromatic heterocycles. The lowest BCUT2D eigenvalue weighted by molar-refractivity contribution is -0.157. The van der Waals surface area contributed by atoms with Crippen LogP contribution in [0, 0.1) is 0 Å². The van der Waals surface area contributed by atoms with Crippen LogP contribution in [0.5, 0.6) is 0 Å². The minimum atomic E-state index is -1.16. The Bertz CT molecular complexity index is 360. The van der Waals surface area contributed by atoms with E-state index in [-0.39, 0.29) is 11.4 Å². The van der Waals surface area contributed by atoms with Gasteiger partial charge in [-0.3, -0.25) is 4.79 Å². The van der Waals surface area contributed by atoms with Crippen molar-refractivity contribution in [3.8, 4) is 0 Å². The van der Waals surface area contributed by atoms with E-state index < -0.39 is 11.5 Å². The quantitative estimate of drug-likeness (QED) is 0.783. The van der Waals surface area contributed by atoms with Crippen LogP contribution in [-0.2, 0) is 9.59 Å². The highest BCUT2D eigenvalue weighted by Crippen LogP contribution is 2.32. The molecule has 0 atom stereocenters. The number of carbonyl (C=O) groups is 2. The van der Waals surface area contributed by atoms with Gasteiger partial charge in [-0.2, -0.15) is 0 Å². The number of hydrogen-bond donors (Lipinski definition) is 2. The van der Waals surface area contributed by atoms with Gasteiger partial charge in [0.1, 0.15) is 5.54 Å². The average molecular weight is 284 g/mol. The maximum atomic E-state index is 12.6. The summed E-state index contributed by atoms with van der Waals surface area (Å²) in [6.45, 7) is 5.42. The smallest absolute Gasteiger partial charge is 0.329 e. The molecular weight excluding hydrogens is 256 g/mol. The Morgan fingerprint density at radius 2 is 1.80 bits per heavy atom. The van der Waals surface area contributed by atoms with E-state index in [0.717, 1.165) is 25.7 Å². The molecule has 5 nitrogen and oxygen atoms in total. The summed E-state index contributed by atoms with van der Waals surface area (Å²) in [6, 6.07) is 0. The lowest BCUT2D eigenvalue weighted by Crippen LogP contribution is -2.56. The van der Waals surface area contributed by atoms with E-state index in [1.807, 2.05) is 14.0 Å². The van der Waals surface area contributed by atoms with Gasteiger partial charge in [0.2, 0.25) is 5.91 Å². The first-order chi connectivity index (χ1) is 9.29. The molecule has 0 bridgehead atoms. The molecular formula is C15H28N2O3. The molecule has 0 heterocycles. The lowest BCUT2D eigenvalue weighted by atomic mass is 9.79. The van der Waals surface area contributed by atoms with Crippen molar-refractivity contribution in [2.45, 2.75) is 70.4 Å². The zero-order chi connectivity index (χ0) is 15.4. The molecule has 0 spiro atoms. The van der Waals surface area contributed by atoms with Crippen LogP contribution >= 0.6 is 0 Å². The van der Waals surface area contributed by atoms with Crippen LogP contribution in [0.15, 0.2) is 0 Å². The number of aliphatic carboxylic acids is 1. The fourth-order valence-corrected chi connectivity index (χ4v) is 3.13. The van der Waals surface area contributed by atoms with E-state index >= 15 is 0 Å². The van der Waals surface area contributed by atoms with Gasteiger partial charge in [-0.15, -0.1) is 0 Å². The van der Waals surface area contributed by atoms with Crippen molar-refractivity contribution < 1.29 is 14.7 Å². The first kappa shape index (κ1) is 17.0. The summed E-state index contributed by atoms with van der Waals surface area (Å²) in [5, 5.41) is 12.6. The second-order valence-corrected chi connectivity index (χ2v) is 6.27. The monoisotopic (exact) mass is 284 g/mol. The lowest BCUT2D eigenvalue weighted by Gasteiger charge is -2.41. The summed E-state index contributed by atoms with van der Waals surface area (Å²) in [4.78, 5) is 25.4. The average Bonchev–Trinajstić information content (AvgIpc) is 2.40. The number of likely N-dealkylation sites (N-methyl/N-ethyl adjacent to an activating group) is 1. The number of carboxylic acids is 1.